The molecule has 13 aromatic rings. The molecular weight excluding hydrogens is 1740 g/mol. The standard InChI is InChI=1S/C75H63N15O27S6/c1-85-31-43(22-60(85)72(96)81-45-24-57(87(3)33-45)69(93)76-40-13-10-37-16-49(118(100,101)102)28-63(54(37)19-40)121(109,110)111)79-67(91)52-8-7-9-53(68(92)80-44-23-61(86(2)32-44)73(97)82-46-25-58(88(4)34-46)70(94)77-41-14-11-38-17-50(119(103,104)105)29-64(55(38)20-41)122(112,113)114)66(52)75(99)84-48-27-62(90(6)36-48)74(98)83-47-26-59(89(5)35-47)71(95)78-42-15-12-39-18-51(120(106,107)108)30-65(56(39)21-42)123(115,116)117/h7-36H,1-6H3,(H,76,93)(H,77,94)(H,78,95)(H,79,91)(H,80,92)(H,81,96)(H,82,97)(H,83,98)(H,84,99)(H,100,101,102)(H,103,104,105)(H,106,107,108)(H,109,110,111)(H,112,113,114)(H,115,116,117). The summed E-state index contributed by atoms with van der Waals surface area (Å²) in [7, 11) is -21.5. The highest BCUT2D eigenvalue weighted by Gasteiger charge is 2.31. The highest BCUT2D eigenvalue weighted by Crippen LogP contribution is 2.36. The first-order valence-corrected chi connectivity index (χ1v) is 43.5. The molecule has 0 spiro atoms. The predicted molar refractivity (Wildman–Crippen MR) is 441 cm³/mol. The number of anilines is 9. The molecule has 0 radical (unpaired) electrons. The number of benzene rings is 7. The lowest BCUT2D eigenvalue weighted by Crippen LogP contribution is -2.25. The number of carbonyl (C=O) groups is 9. The number of aromatic nitrogens is 6. The lowest BCUT2D eigenvalue weighted by atomic mass is 9.98. The van der Waals surface area contributed by atoms with E-state index in [-0.39, 0.29) is 118 Å². The third-order valence-corrected chi connectivity index (χ3v) is 24.1. The normalized spacial score (nSPS) is 12.1. The van der Waals surface area contributed by atoms with Crippen LogP contribution in [0.15, 0.2) is 212 Å². The zero-order valence-electron chi connectivity index (χ0n) is 63.7. The molecular formula is C75H63N15O27S6. The molecule has 0 fully saturated rings. The molecule has 13 rings (SSSR count). The van der Waals surface area contributed by atoms with Crippen molar-refractivity contribution in [2.45, 2.75) is 29.4 Å². The van der Waals surface area contributed by atoms with Crippen molar-refractivity contribution in [3.05, 3.63) is 234 Å². The zero-order chi connectivity index (χ0) is 89.6. The van der Waals surface area contributed by atoms with Crippen molar-refractivity contribution >= 4 is 197 Å². The number of hydrogen-bond donors (Lipinski definition) is 15. The lowest BCUT2D eigenvalue weighted by molar-refractivity contribution is 0.0977. The number of carbonyl (C=O) groups excluding carboxylic acids is 9. The number of hydrogen-bond acceptors (Lipinski definition) is 21. The zero-order valence-corrected chi connectivity index (χ0v) is 68.6. The van der Waals surface area contributed by atoms with E-state index < -0.39 is 160 Å². The van der Waals surface area contributed by atoms with E-state index in [1.54, 1.807) is 0 Å². The van der Waals surface area contributed by atoms with E-state index in [9.17, 15) is 116 Å². The first-order valence-electron chi connectivity index (χ1n) is 34.8. The highest BCUT2D eigenvalue weighted by atomic mass is 32.2. The first kappa shape index (κ1) is 86.5. The Morgan fingerprint density at radius 3 is 0.650 bits per heavy atom. The van der Waals surface area contributed by atoms with Crippen molar-refractivity contribution < 1.29 is 121 Å². The smallest absolute Gasteiger partial charge is 0.295 e. The van der Waals surface area contributed by atoms with Gasteiger partial charge in [-0.1, -0.05) is 24.3 Å². The van der Waals surface area contributed by atoms with Gasteiger partial charge in [-0.2, -0.15) is 50.5 Å². The number of aryl methyl sites for hydroxylation is 6. The van der Waals surface area contributed by atoms with E-state index in [1.807, 2.05) is 0 Å². The van der Waals surface area contributed by atoms with Gasteiger partial charge in [-0.15, -0.1) is 0 Å². The van der Waals surface area contributed by atoms with Crippen molar-refractivity contribution in [2.75, 3.05) is 47.9 Å². The average molecular weight is 1800 g/mol. The summed E-state index contributed by atoms with van der Waals surface area (Å²) in [6, 6.07) is 26.5. The Kier molecular flexibility index (Phi) is 22.5. The molecule has 636 valence electrons. The van der Waals surface area contributed by atoms with Gasteiger partial charge >= 0.3 is 0 Å². The van der Waals surface area contributed by atoms with Crippen LogP contribution in [0.4, 0.5) is 51.2 Å². The van der Waals surface area contributed by atoms with Crippen LogP contribution in [0.5, 0.6) is 0 Å². The van der Waals surface area contributed by atoms with Gasteiger partial charge in [-0.05, 0) is 137 Å². The van der Waals surface area contributed by atoms with Crippen molar-refractivity contribution in [3.63, 3.8) is 0 Å². The van der Waals surface area contributed by atoms with Crippen LogP contribution < -0.4 is 47.9 Å². The molecule has 0 saturated heterocycles. The van der Waals surface area contributed by atoms with Gasteiger partial charge in [0, 0.05) is 113 Å². The fourth-order valence-corrected chi connectivity index (χ4v) is 17.3. The lowest BCUT2D eigenvalue weighted by Gasteiger charge is -2.14. The molecule has 0 bridgehead atoms. The molecule has 6 heterocycles. The molecule has 15 N–H and O–H groups in total. The summed E-state index contributed by atoms with van der Waals surface area (Å²) >= 11 is 0. The SMILES string of the molecule is Cn1cc(NC(=O)c2cccc(C(=O)Nc3cc(C(=O)Nc4cc(C(=O)Nc5ccc6cc(S(=O)(=O)O)cc(S(=O)(=O)O)c6c5)n(C)c4)n(C)c3)c2C(=O)Nc2cc(C(=O)Nc3cc(C(=O)Nc4ccc5cc(S(=O)(=O)O)cc(S(=O)(=O)O)c5c4)n(C)c3)n(C)c2)cc1C(=O)Nc1cc(C(=O)Nc2ccc3cc(S(=O)(=O)O)cc(S(=O)(=O)O)c3c2)n(C)c1. The maximum absolute atomic E-state index is 15.0. The quantitative estimate of drug-likeness (QED) is 0.0255. The summed E-state index contributed by atoms with van der Waals surface area (Å²) in [6.07, 6.45) is 8.00. The van der Waals surface area contributed by atoms with Crippen molar-refractivity contribution in [1.29, 1.82) is 0 Å². The second kappa shape index (κ2) is 32.0. The minimum atomic E-state index is -5.10. The highest BCUT2D eigenvalue weighted by molar-refractivity contribution is 7.87. The molecule has 7 aromatic carbocycles. The molecule has 42 nitrogen and oxygen atoms in total. The van der Waals surface area contributed by atoms with Crippen LogP contribution in [0.1, 0.15) is 94.0 Å². The molecule has 9 amide bonds. The van der Waals surface area contributed by atoms with Crippen LogP contribution in [0, 0.1) is 0 Å². The summed E-state index contributed by atoms with van der Waals surface area (Å²) in [4.78, 5) is 123. The predicted octanol–water partition coefficient (Wildman–Crippen LogP) is 7.93. The van der Waals surface area contributed by atoms with Gasteiger partial charge in [-0.25, -0.2) is 0 Å². The number of rotatable bonds is 24. The average Bonchev–Trinajstić information content (AvgIpc) is 1.78. The Morgan fingerprint density at radius 2 is 0.439 bits per heavy atom. The van der Waals surface area contributed by atoms with Crippen molar-refractivity contribution in [2.24, 2.45) is 42.3 Å². The van der Waals surface area contributed by atoms with Crippen molar-refractivity contribution in [3.8, 4) is 0 Å². The molecule has 0 aliphatic heterocycles. The van der Waals surface area contributed by atoms with E-state index in [1.165, 1.54) is 198 Å². The second-order valence-electron chi connectivity index (χ2n) is 27.6. The third kappa shape index (κ3) is 18.5. The Labute approximate surface area is 694 Å². The number of fused-ring (bicyclic) bond motifs is 3. The van der Waals surface area contributed by atoms with Gasteiger partial charge < -0.3 is 75.3 Å². The van der Waals surface area contributed by atoms with Crippen LogP contribution in [-0.4, -0.2) is 158 Å². The van der Waals surface area contributed by atoms with E-state index in [4.69, 9.17) is 0 Å². The Hall–Kier alpha value is -14.3. The molecule has 0 unspecified atom stereocenters. The van der Waals surface area contributed by atoms with Crippen LogP contribution in [-0.2, 0) is 103 Å². The van der Waals surface area contributed by atoms with Gasteiger partial charge in [0.05, 0.1) is 65.5 Å². The Morgan fingerprint density at radius 1 is 0.236 bits per heavy atom. The van der Waals surface area contributed by atoms with Gasteiger partial charge in [-0.3, -0.25) is 70.5 Å². The minimum absolute atomic E-state index is 0.0315. The molecule has 6 aromatic heterocycles. The number of nitrogens with one attached hydrogen (secondary N) is 9. The summed E-state index contributed by atoms with van der Waals surface area (Å²) in [5.41, 5.74) is -2.17. The second-order valence-corrected chi connectivity index (χ2v) is 36.0. The van der Waals surface area contributed by atoms with E-state index >= 15 is 4.79 Å². The van der Waals surface area contributed by atoms with Crippen LogP contribution in [0.3, 0.4) is 0 Å². The Balaban J connectivity index is 0.733. The van der Waals surface area contributed by atoms with Crippen molar-refractivity contribution in [1.82, 2.24) is 27.4 Å². The molecule has 0 aliphatic carbocycles. The maximum atomic E-state index is 15.0. The molecule has 123 heavy (non-hydrogen) atoms. The number of amides is 9. The monoisotopic (exact) mass is 1800 g/mol. The molecule has 0 saturated carbocycles. The fraction of sp³-hybridized carbons (Fsp3) is 0.0800. The van der Waals surface area contributed by atoms with Gasteiger partial charge in [0.2, 0.25) is 0 Å². The van der Waals surface area contributed by atoms with Gasteiger partial charge in [0.1, 0.15) is 48.9 Å². The van der Waals surface area contributed by atoms with Crippen LogP contribution >= 0.6 is 0 Å². The third-order valence-electron chi connectivity index (χ3n) is 18.9. The van der Waals surface area contributed by atoms with E-state index in [0.717, 1.165) is 36.4 Å². The maximum Gasteiger partial charge on any atom is 0.295 e. The molecule has 0 aliphatic rings. The molecule has 0 atom stereocenters. The van der Waals surface area contributed by atoms with Gasteiger partial charge in [0.25, 0.3) is 114 Å². The summed E-state index contributed by atoms with van der Waals surface area (Å²) in [5.74, 6) is -8.03. The van der Waals surface area contributed by atoms with Crippen LogP contribution in [0.25, 0.3) is 32.3 Å². The Bertz CT molecular complexity index is 7290. The summed E-state index contributed by atoms with van der Waals surface area (Å²) < 4.78 is 212. The first-order chi connectivity index (χ1) is 57.3. The molecule has 48 heteroatoms. The van der Waals surface area contributed by atoms with E-state index in [0.29, 0.717) is 18.2 Å². The fourth-order valence-electron chi connectivity index (χ4n) is 13.3. The topological polar surface area (TPSA) is 618 Å². The minimum Gasteiger partial charge on any atom is -0.344 e. The summed E-state index contributed by atoms with van der Waals surface area (Å²) in [5, 5.41) is 22.6. The summed E-state index contributed by atoms with van der Waals surface area (Å²) in [6.45, 7) is 0. The largest absolute Gasteiger partial charge is 0.344 e. The van der Waals surface area contributed by atoms with E-state index in [2.05, 4.69) is 47.9 Å². The van der Waals surface area contributed by atoms with Gasteiger partial charge in [0.15, 0.2) is 0 Å². The van der Waals surface area contributed by atoms with Crippen LogP contribution in [0.2, 0.25) is 0 Å². The number of nitrogens with zero attached hydrogens (tertiary/aromatic N) is 6.